The Balaban J connectivity index is 1.90. The zero-order valence-electron chi connectivity index (χ0n) is 16.1. The van der Waals surface area contributed by atoms with E-state index < -0.39 is 0 Å². The summed E-state index contributed by atoms with van der Waals surface area (Å²) in [6.45, 7) is 1.88. The van der Waals surface area contributed by atoms with Gasteiger partial charge in [-0.25, -0.2) is 4.98 Å². The number of rotatable bonds is 2. The van der Waals surface area contributed by atoms with Gasteiger partial charge in [-0.05, 0) is 61.0 Å². The lowest BCUT2D eigenvalue weighted by Crippen LogP contribution is -2.23. The summed E-state index contributed by atoms with van der Waals surface area (Å²) in [4.78, 5) is 22.8. The normalized spacial score (nSPS) is 11.3. The summed E-state index contributed by atoms with van der Waals surface area (Å²) < 4.78 is 1.59. The van der Waals surface area contributed by atoms with Gasteiger partial charge in [0.05, 0.1) is 22.5 Å². The molecule has 30 heavy (non-hydrogen) atoms. The number of aryl methyl sites for hydroxylation is 1. The molecule has 5 rings (SSSR count). The van der Waals surface area contributed by atoms with Gasteiger partial charge in [-0.3, -0.25) is 14.3 Å². The Morgan fingerprint density at radius 2 is 1.80 bits per heavy atom. The molecule has 0 spiro atoms. The van der Waals surface area contributed by atoms with Crippen LogP contribution in [-0.4, -0.2) is 14.5 Å². The van der Waals surface area contributed by atoms with Crippen LogP contribution in [0.5, 0.6) is 0 Å². The number of halogens is 1. The van der Waals surface area contributed by atoms with Crippen LogP contribution >= 0.6 is 11.6 Å². The highest BCUT2D eigenvalue weighted by Gasteiger charge is 2.19. The van der Waals surface area contributed by atoms with Crippen LogP contribution in [0.3, 0.4) is 0 Å². The predicted molar refractivity (Wildman–Crippen MR) is 122 cm³/mol. The zero-order valence-corrected chi connectivity index (χ0v) is 16.9. The topological polar surface area (TPSA) is 73.8 Å². The Bertz CT molecular complexity index is 1490. The number of nitrogens with zero attached hydrogens (tertiary/aromatic N) is 3. The maximum absolute atomic E-state index is 13.7. The lowest BCUT2D eigenvalue weighted by Gasteiger charge is -2.16. The SMILES string of the molecule is Cc1ccc2c(N)c(-c3ccc4cccnc4c3)c(=O)n(-c3ccc(Cl)cc3)c2n1. The lowest BCUT2D eigenvalue weighted by molar-refractivity contribution is 1.01. The number of hydrogen-bond acceptors (Lipinski definition) is 4. The van der Waals surface area contributed by atoms with Crippen LogP contribution in [-0.2, 0) is 0 Å². The molecule has 146 valence electrons. The minimum Gasteiger partial charge on any atom is -0.397 e. The number of fused-ring (bicyclic) bond motifs is 2. The Labute approximate surface area is 177 Å². The van der Waals surface area contributed by atoms with Gasteiger partial charge in [0.1, 0.15) is 5.65 Å². The molecule has 0 bridgehead atoms. The third-order valence-corrected chi connectivity index (χ3v) is 5.43. The van der Waals surface area contributed by atoms with Gasteiger partial charge in [0.2, 0.25) is 0 Å². The van der Waals surface area contributed by atoms with Crippen molar-refractivity contribution < 1.29 is 0 Å². The molecule has 5 aromatic rings. The molecule has 0 saturated carbocycles. The molecule has 0 amide bonds. The lowest BCUT2D eigenvalue weighted by atomic mass is 10.0. The second-order valence-electron chi connectivity index (χ2n) is 7.14. The molecule has 2 N–H and O–H groups in total. The molecule has 0 radical (unpaired) electrons. The summed E-state index contributed by atoms with van der Waals surface area (Å²) >= 11 is 6.06. The molecule has 0 saturated heterocycles. The molecule has 0 unspecified atom stereocenters. The van der Waals surface area contributed by atoms with E-state index >= 15 is 0 Å². The molecule has 0 aliphatic rings. The Kier molecular flexibility index (Phi) is 4.26. The molecule has 6 heteroatoms. The first-order valence-corrected chi connectivity index (χ1v) is 9.84. The molecule has 3 heterocycles. The molecule has 0 atom stereocenters. The van der Waals surface area contributed by atoms with Gasteiger partial charge in [-0.2, -0.15) is 0 Å². The Morgan fingerprint density at radius 3 is 2.60 bits per heavy atom. The summed E-state index contributed by atoms with van der Waals surface area (Å²) in [7, 11) is 0. The van der Waals surface area contributed by atoms with E-state index in [2.05, 4.69) is 9.97 Å². The first-order chi connectivity index (χ1) is 14.5. The number of nitrogens with two attached hydrogens (primary N) is 1. The van der Waals surface area contributed by atoms with Crippen molar-refractivity contribution in [3.8, 4) is 16.8 Å². The van der Waals surface area contributed by atoms with Crippen LogP contribution in [0.2, 0.25) is 5.02 Å². The van der Waals surface area contributed by atoms with Crippen molar-refractivity contribution in [3.63, 3.8) is 0 Å². The number of aromatic nitrogens is 3. The molecule has 3 aromatic heterocycles. The van der Waals surface area contributed by atoms with E-state index in [1.54, 1.807) is 35.0 Å². The molecular formula is C24H17ClN4O. The second kappa shape index (κ2) is 6.97. The van der Waals surface area contributed by atoms with E-state index in [0.717, 1.165) is 16.6 Å². The van der Waals surface area contributed by atoms with Gasteiger partial charge >= 0.3 is 0 Å². The average Bonchev–Trinajstić information content (AvgIpc) is 2.75. The molecule has 5 nitrogen and oxygen atoms in total. The average molecular weight is 413 g/mol. The van der Waals surface area contributed by atoms with E-state index in [9.17, 15) is 4.79 Å². The second-order valence-corrected chi connectivity index (χ2v) is 7.58. The van der Waals surface area contributed by atoms with Crippen LogP contribution in [0.25, 0.3) is 38.8 Å². The van der Waals surface area contributed by atoms with Crippen LogP contribution in [0.1, 0.15) is 5.69 Å². The number of anilines is 1. The van der Waals surface area contributed by atoms with Crippen LogP contribution in [0.4, 0.5) is 5.69 Å². The highest BCUT2D eigenvalue weighted by atomic mass is 35.5. The van der Waals surface area contributed by atoms with Gasteiger partial charge in [0.25, 0.3) is 5.56 Å². The van der Waals surface area contributed by atoms with Gasteiger partial charge in [-0.15, -0.1) is 0 Å². The van der Waals surface area contributed by atoms with Crippen molar-refractivity contribution in [2.75, 3.05) is 5.73 Å². The van der Waals surface area contributed by atoms with E-state index in [-0.39, 0.29) is 5.56 Å². The summed E-state index contributed by atoms with van der Waals surface area (Å²) in [5.74, 6) is 0. The molecule has 0 aliphatic carbocycles. The van der Waals surface area contributed by atoms with Crippen molar-refractivity contribution in [2.45, 2.75) is 6.92 Å². The van der Waals surface area contributed by atoms with E-state index in [1.807, 2.05) is 49.4 Å². The van der Waals surface area contributed by atoms with E-state index in [0.29, 0.717) is 38.6 Å². The molecule has 2 aromatic carbocycles. The number of pyridine rings is 3. The Hall–Kier alpha value is -3.70. The largest absolute Gasteiger partial charge is 0.397 e. The predicted octanol–water partition coefficient (Wildman–Crippen LogP) is 5.14. The van der Waals surface area contributed by atoms with E-state index in [1.165, 1.54) is 0 Å². The zero-order chi connectivity index (χ0) is 20.8. The highest BCUT2D eigenvalue weighted by Crippen LogP contribution is 2.31. The third kappa shape index (κ3) is 2.91. The van der Waals surface area contributed by atoms with E-state index in [4.69, 9.17) is 17.3 Å². The summed E-state index contributed by atoms with van der Waals surface area (Å²) in [6.07, 6.45) is 1.73. The number of hydrogen-bond donors (Lipinski definition) is 1. The van der Waals surface area contributed by atoms with Crippen LogP contribution in [0, 0.1) is 6.92 Å². The molecule has 0 fully saturated rings. The van der Waals surface area contributed by atoms with Gasteiger partial charge in [0, 0.05) is 27.7 Å². The van der Waals surface area contributed by atoms with Gasteiger partial charge < -0.3 is 5.73 Å². The monoisotopic (exact) mass is 412 g/mol. The number of benzene rings is 2. The highest BCUT2D eigenvalue weighted by molar-refractivity contribution is 6.30. The van der Waals surface area contributed by atoms with Crippen molar-refractivity contribution in [1.29, 1.82) is 0 Å². The maximum Gasteiger partial charge on any atom is 0.266 e. The fraction of sp³-hybridized carbons (Fsp3) is 0.0417. The summed E-state index contributed by atoms with van der Waals surface area (Å²) in [6, 6.07) is 20.5. The van der Waals surface area contributed by atoms with Crippen LogP contribution in [0.15, 0.2) is 77.7 Å². The maximum atomic E-state index is 13.7. The van der Waals surface area contributed by atoms with Crippen molar-refractivity contribution in [1.82, 2.24) is 14.5 Å². The van der Waals surface area contributed by atoms with Crippen molar-refractivity contribution >= 4 is 39.2 Å². The van der Waals surface area contributed by atoms with Gasteiger partial charge in [0.15, 0.2) is 0 Å². The summed E-state index contributed by atoms with van der Waals surface area (Å²) in [5.41, 5.74) is 10.6. The van der Waals surface area contributed by atoms with Crippen LogP contribution < -0.4 is 11.3 Å². The number of nitrogen functional groups attached to an aromatic ring is 1. The molecular weight excluding hydrogens is 396 g/mol. The summed E-state index contributed by atoms with van der Waals surface area (Å²) in [5, 5.41) is 2.30. The Morgan fingerprint density at radius 1 is 1.00 bits per heavy atom. The van der Waals surface area contributed by atoms with Gasteiger partial charge in [-0.1, -0.05) is 29.8 Å². The first kappa shape index (κ1) is 18.3. The van der Waals surface area contributed by atoms with Crippen molar-refractivity contribution in [2.24, 2.45) is 0 Å². The smallest absolute Gasteiger partial charge is 0.266 e. The fourth-order valence-corrected chi connectivity index (χ4v) is 3.84. The first-order valence-electron chi connectivity index (χ1n) is 9.46. The minimum absolute atomic E-state index is 0.240. The molecule has 0 aliphatic heterocycles. The van der Waals surface area contributed by atoms with Crippen molar-refractivity contribution in [3.05, 3.63) is 94.0 Å². The standard InChI is InChI=1S/C24H17ClN4O/c1-14-4-11-19-22(26)21(16-6-5-15-3-2-12-27-20(15)13-16)24(30)29(23(19)28-14)18-9-7-17(25)8-10-18/h2-13H,26H2,1H3. The quantitative estimate of drug-likeness (QED) is 0.435. The minimum atomic E-state index is -0.240. The fourth-order valence-electron chi connectivity index (χ4n) is 3.71. The third-order valence-electron chi connectivity index (χ3n) is 5.18.